The van der Waals surface area contributed by atoms with Crippen molar-refractivity contribution in [3.05, 3.63) is 0 Å². The molecule has 23 nitrogen and oxygen atoms in total. The zero-order chi connectivity index (χ0) is 38.6. The van der Waals surface area contributed by atoms with Gasteiger partial charge in [0.25, 0.3) is 0 Å². The molecule has 0 aliphatic carbocycles. The highest BCUT2D eigenvalue weighted by molar-refractivity contribution is 5.96. The average Bonchev–Trinajstić information content (AvgIpc) is 3.03. The van der Waals surface area contributed by atoms with E-state index in [0.717, 1.165) is 20.8 Å². The lowest BCUT2D eigenvalue weighted by Crippen LogP contribution is -2.62. The summed E-state index contributed by atoms with van der Waals surface area (Å²) in [7, 11) is 0. The lowest BCUT2D eigenvalue weighted by atomic mass is 10.1. The Kier molecular flexibility index (Phi) is 21.1. The first-order valence-electron chi connectivity index (χ1n) is 15.2. The maximum absolute atomic E-state index is 13.1. The van der Waals surface area contributed by atoms with E-state index in [1.54, 1.807) is 0 Å². The van der Waals surface area contributed by atoms with Crippen molar-refractivity contribution in [3.63, 3.8) is 0 Å². The second kappa shape index (κ2) is 23.4. The summed E-state index contributed by atoms with van der Waals surface area (Å²) in [6.07, 6.45) is -3.59. The molecule has 284 valence electrons. The molecular formula is C27H47N9O14. The Bertz CT molecular complexity index is 1220. The molecule has 0 aromatic rings. The van der Waals surface area contributed by atoms with Gasteiger partial charge in [-0.2, -0.15) is 0 Å². The van der Waals surface area contributed by atoms with E-state index in [9.17, 15) is 53.4 Å². The molecule has 0 bridgehead atoms. The van der Waals surface area contributed by atoms with Gasteiger partial charge in [-0.15, -0.1) is 5.48 Å². The highest BCUT2D eigenvalue weighted by atomic mass is 16.7. The second-order valence-corrected chi connectivity index (χ2v) is 10.9. The first-order chi connectivity index (χ1) is 23.3. The van der Waals surface area contributed by atoms with E-state index in [4.69, 9.17) is 21.7 Å². The van der Waals surface area contributed by atoms with Gasteiger partial charge in [0.15, 0.2) is 0 Å². The van der Waals surface area contributed by atoms with Gasteiger partial charge in [-0.3, -0.25) is 38.4 Å². The molecule has 0 radical (unpaired) electrons. The smallest absolute Gasteiger partial charge is 0.328 e. The third kappa shape index (κ3) is 18.0. The number of primary amides is 1. The van der Waals surface area contributed by atoms with Crippen LogP contribution < -0.4 is 48.8 Å². The highest BCUT2D eigenvalue weighted by Crippen LogP contribution is 2.03. The maximum Gasteiger partial charge on any atom is 0.328 e. The van der Waals surface area contributed by atoms with Gasteiger partial charge < -0.3 is 68.6 Å². The van der Waals surface area contributed by atoms with Crippen LogP contribution in [-0.4, -0.2) is 142 Å². The van der Waals surface area contributed by atoms with Crippen molar-refractivity contribution in [1.82, 2.24) is 37.4 Å². The minimum absolute atomic E-state index is 0.136. The molecule has 0 rings (SSSR count). The number of aliphatic carboxylic acids is 1. The number of carbonyl (C=O) groups is 9. The Hall–Kier alpha value is -4.97. The molecule has 0 saturated carbocycles. The van der Waals surface area contributed by atoms with Crippen LogP contribution in [0.1, 0.15) is 46.5 Å². The summed E-state index contributed by atoms with van der Waals surface area (Å²) >= 11 is 0. The van der Waals surface area contributed by atoms with Crippen LogP contribution in [0.5, 0.6) is 0 Å². The minimum atomic E-state index is -1.82. The molecule has 0 aliphatic rings. The summed E-state index contributed by atoms with van der Waals surface area (Å²) in [6.45, 7) is 1.05. The quantitative estimate of drug-likeness (QED) is 0.0412. The first-order valence-corrected chi connectivity index (χ1v) is 15.2. The van der Waals surface area contributed by atoms with Crippen molar-refractivity contribution in [1.29, 1.82) is 0 Å². The summed E-state index contributed by atoms with van der Waals surface area (Å²) in [5, 5.41) is 51.2. The normalized spacial score (nSPS) is 14.9. The van der Waals surface area contributed by atoms with Crippen molar-refractivity contribution >= 4 is 53.3 Å². The molecule has 0 heterocycles. The molecule has 0 aromatic carbocycles. The van der Waals surface area contributed by atoms with Crippen LogP contribution in [-0.2, 0) is 48.0 Å². The maximum atomic E-state index is 13.1. The number of carboxylic acids is 1. The molecule has 0 aliphatic heterocycles. The van der Waals surface area contributed by atoms with Gasteiger partial charge in [-0.25, -0.2) is 4.79 Å². The van der Waals surface area contributed by atoms with E-state index in [2.05, 4.69) is 36.9 Å². The zero-order valence-electron chi connectivity index (χ0n) is 27.7. The van der Waals surface area contributed by atoms with Gasteiger partial charge >= 0.3 is 11.9 Å². The number of nitrogens with two attached hydrogens (primary N) is 2. The monoisotopic (exact) mass is 721 g/mol. The van der Waals surface area contributed by atoms with Crippen LogP contribution in [0.15, 0.2) is 0 Å². The number of hydroxylamine groups is 1. The van der Waals surface area contributed by atoms with Crippen molar-refractivity contribution in [2.45, 2.75) is 88.9 Å². The Morgan fingerprint density at radius 2 is 1.20 bits per heavy atom. The number of rotatable bonds is 24. The van der Waals surface area contributed by atoms with Crippen molar-refractivity contribution in [2.75, 3.05) is 26.2 Å². The standard InChI is InChI=1S/C27H47N9O14/c1-12(38)21(34-20(43)10-31-24(45)16(5-4-8-28)36-50-14(3)40)26(47)35-22(13(2)39)25(46)33-15(6-7-18(29)41)23(44)30-9-19(42)32-17(11-37)27(48)49/h12-13,15-17,21-22,36-39H,4-11,28H2,1-3H3,(H2,29,41)(H,30,44)(H,31,45)(H,32,42)(H,33,46)(H,34,43)(H,35,47)(H,48,49)/t12-,13+,15+,16+,17-,21+,22-/m1/s1. The summed E-state index contributed by atoms with van der Waals surface area (Å²) in [6, 6.07) is -7.86. The third-order valence-corrected chi connectivity index (χ3v) is 6.48. The fourth-order valence-electron chi connectivity index (χ4n) is 3.83. The fourth-order valence-corrected chi connectivity index (χ4v) is 3.83. The average molecular weight is 722 g/mol. The van der Waals surface area contributed by atoms with E-state index < -0.39 is 128 Å². The number of carboxylic acid groups (broad SMARTS) is 1. The molecule has 7 amide bonds. The third-order valence-electron chi connectivity index (χ3n) is 6.48. The van der Waals surface area contributed by atoms with E-state index in [0.29, 0.717) is 6.42 Å². The van der Waals surface area contributed by atoms with Crippen LogP contribution >= 0.6 is 0 Å². The Labute approximate surface area is 285 Å². The van der Waals surface area contributed by atoms with E-state index in [1.165, 1.54) is 0 Å². The highest BCUT2D eigenvalue weighted by Gasteiger charge is 2.34. The predicted molar refractivity (Wildman–Crippen MR) is 167 cm³/mol. The van der Waals surface area contributed by atoms with Crippen LogP contribution in [0.4, 0.5) is 0 Å². The van der Waals surface area contributed by atoms with Gasteiger partial charge in [-0.05, 0) is 39.7 Å². The van der Waals surface area contributed by atoms with Crippen molar-refractivity contribution in [3.8, 4) is 0 Å². The minimum Gasteiger partial charge on any atom is -0.480 e. The first kappa shape index (κ1) is 45.0. The number of aliphatic hydroxyl groups is 3. The molecule has 7 atom stereocenters. The number of amides is 7. The molecule has 50 heavy (non-hydrogen) atoms. The molecule has 0 spiro atoms. The second-order valence-electron chi connectivity index (χ2n) is 10.9. The number of hydrogen-bond donors (Lipinski definition) is 13. The van der Waals surface area contributed by atoms with Gasteiger partial charge in [0.1, 0.15) is 30.2 Å². The van der Waals surface area contributed by atoms with Gasteiger partial charge in [0.2, 0.25) is 41.4 Å². The number of hydrogen-bond acceptors (Lipinski definition) is 15. The fraction of sp³-hybridized carbons (Fsp3) is 0.667. The number of carbonyl (C=O) groups excluding carboxylic acids is 8. The summed E-state index contributed by atoms with van der Waals surface area (Å²) in [4.78, 5) is 114. The summed E-state index contributed by atoms with van der Waals surface area (Å²) < 4.78 is 0. The van der Waals surface area contributed by atoms with E-state index in [1.807, 2.05) is 5.32 Å². The van der Waals surface area contributed by atoms with Crippen molar-refractivity contribution < 1.29 is 68.4 Å². The summed E-state index contributed by atoms with van der Waals surface area (Å²) in [5.41, 5.74) is 12.8. The van der Waals surface area contributed by atoms with Gasteiger partial charge in [-0.1, -0.05) is 0 Å². The van der Waals surface area contributed by atoms with Crippen LogP contribution in [0.2, 0.25) is 0 Å². The Balaban J connectivity index is 5.59. The lowest BCUT2D eigenvalue weighted by molar-refractivity contribution is -0.152. The number of nitrogens with one attached hydrogen (secondary N) is 7. The van der Waals surface area contributed by atoms with Gasteiger partial charge in [0, 0.05) is 13.3 Å². The molecule has 0 aromatic heterocycles. The van der Waals surface area contributed by atoms with Crippen LogP contribution in [0.3, 0.4) is 0 Å². The topological polar surface area (TPSA) is 380 Å². The Morgan fingerprint density at radius 3 is 1.66 bits per heavy atom. The molecule has 0 unspecified atom stereocenters. The van der Waals surface area contributed by atoms with Crippen molar-refractivity contribution in [2.24, 2.45) is 11.5 Å². The molecule has 23 heteroatoms. The molecular weight excluding hydrogens is 674 g/mol. The predicted octanol–water partition coefficient (Wildman–Crippen LogP) is -7.56. The lowest BCUT2D eigenvalue weighted by Gasteiger charge is -2.27. The number of aliphatic hydroxyl groups excluding tert-OH is 3. The van der Waals surface area contributed by atoms with Gasteiger partial charge in [0.05, 0.1) is 31.9 Å². The molecule has 15 N–H and O–H groups in total. The zero-order valence-corrected chi connectivity index (χ0v) is 27.7. The Morgan fingerprint density at radius 1 is 0.700 bits per heavy atom. The summed E-state index contributed by atoms with van der Waals surface area (Å²) in [5.74, 6) is -9.31. The van der Waals surface area contributed by atoms with Crippen LogP contribution in [0, 0.1) is 0 Å². The molecule has 0 saturated heterocycles. The van der Waals surface area contributed by atoms with E-state index in [-0.39, 0.29) is 13.0 Å². The van der Waals surface area contributed by atoms with E-state index >= 15 is 0 Å². The molecule has 0 fully saturated rings. The SMILES string of the molecule is CC(=O)ON[C@@H](CCCN)C(=O)NCC(=O)N[C@H](C(=O)N[C@@H](C(=O)N[C@@H](CCC(N)=O)C(=O)NCC(=O)N[C@H](CO)C(=O)O)[C@H](C)O)[C@@H](C)O. The van der Waals surface area contributed by atoms with Crippen LogP contribution in [0.25, 0.3) is 0 Å². The largest absolute Gasteiger partial charge is 0.480 e.